The Hall–Kier alpha value is -0.910. The highest BCUT2D eigenvalue weighted by Crippen LogP contribution is 2.23. The third-order valence-corrected chi connectivity index (χ3v) is 4.26. The summed E-state index contributed by atoms with van der Waals surface area (Å²) in [5.74, 6) is 0.347. The van der Waals surface area contributed by atoms with Gasteiger partial charge in [-0.2, -0.15) is 0 Å². The van der Waals surface area contributed by atoms with Gasteiger partial charge in [0.05, 0.1) is 6.54 Å². The normalized spacial score (nSPS) is 16.4. The number of hydrogen-bond acceptors (Lipinski definition) is 4. The number of aliphatic hydroxyl groups excluding tert-OH is 1. The second kappa shape index (κ2) is 6.31. The van der Waals surface area contributed by atoms with E-state index in [1.165, 1.54) is 10.4 Å². The average molecular weight is 268 g/mol. The zero-order chi connectivity index (χ0) is 13.0. The molecule has 0 aromatic carbocycles. The maximum Gasteiger partial charge on any atom is 0.236 e. The Kier molecular flexibility index (Phi) is 4.74. The Balaban J connectivity index is 1.77. The Bertz CT molecular complexity index is 405. The van der Waals surface area contributed by atoms with Crippen molar-refractivity contribution in [3.8, 4) is 0 Å². The molecule has 1 aliphatic rings. The van der Waals surface area contributed by atoms with E-state index in [-0.39, 0.29) is 18.4 Å². The summed E-state index contributed by atoms with van der Waals surface area (Å²) in [6.07, 6.45) is 0.978. The number of thiophene rings is 1. The highest BCUT2D eigenvalue weighted by molar-refractivity contribution is 7.10. The van der Waals surface area contributed by atoms with Crippen molar-refractivity contribution in [3.63, 3.8) is 0 Å². The zero-order valence-corrected chi connectivity index (χ0v) is 11.5. The lowest BCUT2D eigenvalue weighted by Gasteiger charge is -2.27. The molecule has 1 atom stereocenters. The lowest BCUT2D eigenvalue weighted by atomic mass is 10.1. The smallest absolute Gasteiger partial charge is 0.236 e. The summed E-state index contributed by atoms with van der Waals surface area (Å²) in [4.78, 5) is 15.3. The number of aliphatic hydroxyl groups is 1. The summed E-state index contributed by atoms with van der Waals surface area (Å²) in [6, 6.07) is 2.11. The van der Waals surface area contributed by atoms with Crippen molar-refractivity contribution in [2.75, 3.05) is 26.2 Å². The lowest BCUT2D eigenvalue weighted by molar-refractivity contribution is -0.131. The van der Waals surface area contributed by atoms with Gasteiger partial charge in [-0.05, 0) is 29.3 Å². The van der Waals surface area contributed by atoms with Gasteiger partial charge in [-0.25, -0.2) is 0 Å². The van der Waals surface area contributed by atoms with Crippen LogP contribution in [0.4, 0.5) is 0 Å². The molecule has 0 saturated carbocycles. The van der Waals surface area contributed by atoms with Crippen LogP contribution in [0.3, 0.4) is 0 Å². The van der Waals surface area contributed by atoms with Crippen LogP contribution in [0.5, 0.6) is 0 Å². The van der Waals surface area contributed by atoms with E-state index < -0.39 is 0 Å². The fourth-order valence-electron chi connectivity index (χ4n) is 2.06. The molecular weight excluding hydrogens is 248 g/mol. The predicted molar refractivity (Wildman–Crippen MR) is 72.6 cm³/mol. The standard InChI is InChI=1S/C13H20N2O2S/c1-10(9-16)6-14-7-13(17)15-4-2-12-11(8-15)3-5-18-12/h3,5,10,14,16H,2,4,6-9H2,1H3. The van der Waals surface area contributed by atoms with Crippen LogP contribution in [0, 0.1) is 5.92 Å². The molecule has 100 valence electrons. The first-order valence-corrected chi connectivity index (χ1v) is 7.23. The molecule has 2 N–H and O–H groups in total. The molecule has 1 aromatic heterocycles. The first kappa shape index (κ1) is 13.5. The molecule has 1 unspecified atom stereocenters. The molecule has 0 spiro atoms. The molecule has 0 bridgehead atoms. The van der Waals surface area contributed by atoms with Gasteiger partial charge in [0.15, 0.2) is 0 Å². The van der Waals surface area contributed by atoms with Gasteiger partial charge in [0.2, 0.25) is 5.91 Å². The molecule has 4 nitrogen and oxygen atoms in total. The van der Waals surface area contributed by atoms with E-state index in [9.17, 15) is 4.79 Å². The van der Waals surface area contributed by atoms with E-state index in [4.69, 9.17) is 5.11 Å². The number of hydrogen-bond donors (Lipinski definition) is 2. The molecule has 0 saturated heterocycles. The van der Waals surface area contributed by atoms with Crippen LogP contribution >= 0.6 is 11.3 Å². The Morgan fingerprint density at radius 3 is 3.28 bits per heavy atom. The second-order valence-corrected chi connectivity index (χ2v) is 5.85. The SMILES string of the molecule is CC(CO)CNCC(=O)N1CCc2sccc2C1. The van der Waals surface area contributed by atoms with Gasteiger partial charge in [0, 0.05) is 31.1 Å². The summed E-state index contributed by atoms with van der Waals surface area (Å²) in [6.45, 7) is 4.72. The lowest BCUT2D eigenvalue weighted by Crippen LogP contribution is -2.41. The first-order valence-electron chi connectivity index (χ1n) is 6.35. The number of carbonyl (C=O) groups is 1. The molecule has 1 aliphatic heterocycles. The van der Waals surface area contributed by atoms with Crippen LogP contribution in [0.25, 0.3) is 0 Å². The third kappa shape index (κ3) is 3.31. The molecule has 2 heterocycles. The number of nitrogens with one attached hydrogen (secondary N) is 1. The van der Waals surface area contributed by atoms with E-state index in [2.05, 4.69) is 16.8 Å². The molecule has 5 heteroatoms. The zero-order valence-electron chi connectivity index (χ0n) is 10.7. The molecule has 18 heavy (non-hydrogen) atoms. The molecule has 0 fully saturated rings. The number of fused-ring (bicyclic) bond motifs is 1. The van der Waals surface area contributed by atoms with Crippen LogP contribution in [0.1, 0.15) is 17.4 Å². The average Bonchev–Trinajstić information content (AvgIpc) is 2.85. The minimum Gasteiger partial charge on any atom is -0.396 e. The summed E-state index contributed by atoms with van der Waals surface area (Å²) in [5, 5.41) is 14.1. The van der Waals surface area contributed by atoms with Crippen LogP contribution in [-0.2, 0) is 17.8 Å². The number of rotatable bonds is 5. The summed E-state index contributed by atoms with van der Waals surface area (Å²) < 4.78 is 0. The van der Waals surface area contributed by atoms with Crippen LogP contribution in [-0.4, -0.2) is 42.2 Å². The largest absolute Gasteiger partial charge is 0.396 e. The topological polar surface area (TPSA) is 52.6 Å². The molecule has 0 aliphatic carbocycles. The Morgan fingerprint density at radius 1 is 1.67 bits per heavy atom. The van der Waals surface area contributed by atoms with Crippen LogP contribution < -0.4 is 5.32 Å². The molecule has 1 aromatic rings. The summed E-state index contributed by atoms with van der Waals surface area (Å²) >= 11 is 1.78. The third-order valence-electron chi connectivity index (χ3n) is 3.24. The van der Waals surface area contributed by atoms with E-state index in [0.717, 1.165) is 19.5 Å². The van der Waals surface area contributed by atoms with Crippen molar-refractivity contribution >= 4 is 17.2 Å². The van der Waals surface area contributed by atoms with Crippen LogP contribution in [0.15, 0.2) is 11.4 Å². The Labute approximate surface area is 112 Å². The molecular formula is C13H20N2O2S. The predicted octanol–water partition coefficient (Wildman–Crippen LogP) is 0.851. The van der Waals surface area contributed by atoms with Crippen LogP contribution in [0.2, 0.25) is 0 Å². The van der Waals surface area contributed by atoms with Crippen molar-refractivity contribution in [3.05, 3.63) is 21.9 Å². The monoisotopic (exact) mass is 268 g/mol. The van der Waals surface area contributed by atoms with E-state index in [1.807, 2.05) is 11.8 Å². The van der Waals surface area contributed by atoms with Gasteiger partial charge in [-0.15, -0.1) is 11.3 Å². The van der Waals surface area contributed by atoms with E-state index >= 15 is 0 Å². The van der Waals surface area contributed by atoms with E-state index in [0.29, 0.717) is 13.1 Å². The van der Waals surface area contributed by atoms with Crippen molar-refractivity contribution in [1.29, 1.82) is 0 Å². The maximum absolute atomic E-state index is 12.0. The van der Waals surface area contributed by atoms with Crippen molar-refractivity contribution in [1.82, 2.24) is 10.2 Å². The fourth-order valence-corrected chi connectivity index (χ4v) is 2.95. The summed E-state index contributed by atoms with van der Waals surface area (Å²) in [7, 11) is 0. The maximum atomic E-state index is 12.0. The quantitative estimate of drug-likeness (QED) is 0.832. The van der Waals surface area contributed by atoms with Gasteiger partial charge in [-0.1, -0.05) is 6.92 Å². The minimum atomic E-state index is 0.150. The van der Waals surface area contributed by atoms with Crippen molar-refractivity contribution in [2.24, 2.45) is 5.92 Å². The van der Waals surface area contributed by atoms with Crippen molar-refractivity contribution < 1.29 is 9.90 Å². The number of carbonyl (C=O) groups excluding carboxylic acids is 1. The molecule has 1 amide bonds. The van der Waals surface area contributed by atoms with E-state index in [1.54, 1.807) is 11.3 Å². The Morgan fingerprint density at radius 2 is 2.50 bits per heavy atom. The number of amides is 1. The van der Waals surface area contributed by atoms with Gasteiger partial charge < -0.3 is 15.3 Å². The summed E-state index contributed by atoms with van der Waals surface area (Å²) in [5.41, 5.74) is 1.29. The van der Waals surface area contributed by atoms with Gasteiger partial charge in [0.25, 0.3) is 0 Å². The molecule has 2 rings (SSSR count). The van der Waals surface area contributed by atoms with Gasteiger partial charge in [0.1, 0.15) is 0 Å². The highest BCUT2D eigenvalue weighted by atomic mass is 32.1. The van der Waals surface area contributed by atoms with Gasteiger partial charge >= 0.3 is 0 Å². The molecule has 0 radical (unpaired) electrons. The van der Waals surface area contributed by atoms with Crippen molar-refractivity contribution in [2.45, 2.75) is 19.9 Å². The number of nitrogens with zero attached hydrogens (tertiary/aromatic N) is 1. The minimum absolute atomic E-state index is 0.150. The fraction of sp³-hybridized carbons (Fsp3) is 0.615. The highest BCUT2D eigenvalue weighted by Gasteiger charge is 2.20. The van der Waals surface area contributed by atoms with Gasteiger partial charge in [-0.3, -0.25) is 4.79 Å². The first-order chi connectivity index (χ1) is 8.70. The second-order valence-electron chi connectivity index (χ2n) is 4.85.